The highest BCUT2D eigenvalue weighted by molar-refractivity contribution is 7.91. The number of ether oxygens (including phenoxy) is 2. The zero-order valence-electron chi connectivity index (χ0n) is 11.6. The lowest BCUT2D eigenvalue weighted by molar-refractivity contribution is -0.131. The molecular formula is C15H14O5S. The van der Waals surface area contributed by atoms with Crippen molar-refractivity contribution in [1.29, 1.82) is 0 Å². The Morgan fingerprint density at radius 1 is 0.857 bits per heavy atom. The van der Waals surface area contributed by atoms with E-state index in [0.717, 1.165) is 0 Å². The number of sulfone groups is 1. The summed E-state index contributed by atoms with van der Waals surface area (Å²) in [5, 5.41) is 0. The lowest BCUT2D eigenvalue weighted by atomic mass is 10.3. The van der Waals surface area contributed by atoms with Crippen LogP contribution in [0.15, 0.2) is 58.3 Å². The van der Waals surface area contributed by atoms with Gasteiger partial charge in [0.1, 0.15) is 11.5 Å². The Morgan fingerprint density at radius 2 is 1.29 bits per heavy atom. The number of methoxy groups -OCH3 is 1. The quantitative estimate of drug-likeness (QED) is 0.641. The first-order valence-electron chi connectivity index (χ1n) is 6.11. The van der Waals surface area contributed by atoms with Crippen LogP contribution in [0.25, 0.3) is 0 Å². The molecule has 0 radical (unpaired) electrons. The third kappa shape index (κ3) is 3.41. The minimum absolute atomic E-state index is 0.128. The lowest BCUT2D eigenvalue weighted by Gasteiger charge is -2.07. The number of benzene rings is 2. The standard InChI is InChI=1S/C15H14O5S/c1-11(16)20-13-5-9-15(10-6-13)21(17,18)14-7-3-12(19-2)4-8-14/h3-10H,1-2H3. The average Bonchev–Trinajstić information content (AvgIpc) is 2.47. The van der Waals surface area contributed by atoms with E-state index in [1.807, 2.05) is 0 Å². The topological polar surface area (TPSA) is 69.7 Å². The van der Waals surface area contributed by atoms with Gasteiger partial charge in [0.25, 0.3) is 0 Å². The third-order valence-corrected chi connectivity index (χ3v) is 4.55. The molecule has 0 atom stereocenters. The first-order chi connectivity index (χ1) is 9.93. The van der Waals surface area contributed by atoms with Crippen LogP contribution in [0, 0.1) is 0 Å². The third-order valence-electron chi connectivity index (χ3n) is 2.77. The van der Waals surface area contributed by atoms with Gasteiger partial charge in [0, 0.05) is 6.92 Å². The Morgan fingerprint density at radius 3 is 1.67 bits per heavy atom. The van der Waals surface area contributed by atoms with Crippen molar-refractivity contribution in [3.8, 4) is 11.5 Å². The van der Waals surface area contributed by atoms with Crippen molar-refractivity contribution in [2.75, 3.05) is 7.11 Å². The van der Waals surface area contributed by atoms with Crippen LogP contribution >= 0.6 is 0 Å². The smallest absolute Gasteiger partial charge is 0.308 e. The fraction of sp³-hybridized carbons (Fsp3) is 0.133. The summed E-state index contributed by atoms with van der Waals surface area (Å²) in [6, 6.07) is 11.8. The highest BCUT2D eigenvalue weighted by Gasteiger charge is 2.17. The second-order valence-corrected chi connectivity index (χ2v) is 6.19. The highest BCUT2D eigenvalue weighted by atomic mass is 32.2. The van der Waals surface area contributed by atoms with Crippen molar-refractivity contribution < 1.29 is 22.7 Å². The van der Waals surface area contributed by atoms with Gasteiger partial charge in [-0.15, -0.1) is 0 Å². The van der Waals surface area contributed by atoms with Gasteiger partial charge in [-0.25, -0.2) is 8.42 Å². The SMILES string of the molecule is COc1ccc(S(=O)(=O)c2ccc(OC(C)=O)cc2)cc1. The van der Waals surface area contributed by atoms with Gasteiger partial charge in [0.2, 0.25) is 9.84 Å². The summed E-state index contributed by atoms with van der Waals surface area (Å²) in [4.78, 5) is 11.1. The maximum absolute atomic E-state index is 12.4. The second-order valence-electron chi connectivity index (χ2n) is 4.24. The van der Waals surface area contributed by atoms with E-state index in [1.54, 1.807) is 12.1 Å². The van der Waals surface area contributed by atoms with Gasteiger partial charge in [-0.2, -0.15) is 0 Å². The molecule has 0 aliphatic rings. The molecule has 5 nitrogen and oxygen atoms in total. The van der Waals surface area contributed by atoms with Crippen molar-refractivity contribution in [2.24, 2.45) is 0 Å². The van der Waals surface area contributed by atoms with Gasteiger partial charge in [0.15, 0.2) is 0 Å². The van der Waals surface area contributed by atoms with Crippen molar-refractivity contribution in [2.45, 2.75) is 16.7 Å². The van der Waals surface area contributed by atoms with E-state index >= 15 is 0 Å². The van der Waals surface area contributed by atoms with Crippen LogP contribution in [0.3, 0.4) is 0 Å². The summed E-state index contributed by atoms with van der Waals surface area (Å²) >= 11 is 0. The van der Waals surface area contributed by atoms with Crippen molar-refractivity contribution in [1.82, 2.24) is 0 Å². The average molecular weight is 306 g/mol. The monoisotopic (exact) mass is 306 g/mol. The molecule has 0 saturated carbocycles. The summed E-state index contributed by atoms with van der Waals surface area (Å²) in [5.74, 6) is 0.427. The summed E-state index contributed by atoms with van der Waals surface area (Å²) in [5.41, 5.74) is 0. The Balaban J connectivity index is 2.32. The molecule has 0 N–H and O–H groups in total. The number of carbonyl (C=O) groups excluding carboxylic acids is 1. The number of esters is 1. The second kappa shape index (κ2) is 5.97. The molecule has 0 heterocycles. The van der Waals surface area contributed by atoms with Gasteiger partial charge in [-0.3, -0.25) is 4.79 Å². The number of carbonyl (C=O) groups is 1. The van der Waals surface area contributed by atoms with E-state index in [0.29, 0.717) is 11.5 Å². The van der Waals surface area contributed by atoms with Crippen LogP contribution < -0.4 is 9.47 Å². The zero-order chi connectivity index (χ0) is 15.5. The molecule has 0 fully saturated rings. The molecule has 0 amide bonds. The molecule has 21 heavy (non-hydrogen) atoms. The molecular weight excluding hydrogens is 292 g/mol. The fourth-order valence-corrected chi connectivity index (χ4v) is 3.00. The largest absolute Gasteiger partial charge is 0.497 e. The molecule has 0 spiro atoms. The van der Waals surface area contributed by atoms with E-state index in [9.17, 15) is 13.2 Å². The molecule has 2 aromatic carbocycles. The fourth-order valence-electron chi connectivity index (χ4n) is 1.74. The predicted octanol–water partition coefficient (Wildman–Crippen LogP) is 2.45. The minimum Gasteiger partial charge on any atom is -0.497 e. The van der Waals surface area contributed by atoms with Gasteiger partial charge in [0.05, 0.1) is 16.9 Å². The Labute approximate surface area is 123 Å². The van der Waals surface area contributed by atoms with Crippen LogP contribution in [0.2, 0.25) is 0 Å². The van der Waals surface area contributed by atoms with Crippen LogP contribution in [-0.4, -0.2) is 21.5 Å². The van der Waals surface area contributed by atoms with E-state index in [2.05, 4.69) is 0 Å². The first kappa shape index (κ1) is 15.1. The molecule has 2 aromatic rings. The molecule has 0 aromatic heterocycles. The summed E-state index contributed by atoms with van der Waals surface area (Å²) in [6.45, 7) is 1.28. The van der Waals surface area contributed by atoms with Crippen molar-refractivity contribution >= 4 is 15.8 Å². The van der Waals surface area contributed by atoms with Crippen LogP contribution in [-0.2, 0) is 14.6 Å². The Hall–Kier alpha value is -2.34. The number of hydrogen-bond acceptors (Lipinski definition) is 5. The summed E-state index contributed by atoms with van der Waals surface area (Å²) in [6.07, 6.45) is 0. The van der Waals surface area contributed by atoms with E-state index in [1.165, 1.54) is 50.4 Å². The van der Waals surface area contributed by atoms with Gasteiger partial charge in [-0.05, 0) is 48.5 Å². The van der Waals surface area contributed by atoms with Crippen LogP contribution in [0.1, 0.15) is 6.92 Å². The molecule has 6 heteroatoms. The van der Waals surface area contributed by atoms with Crippen molar-refractivity contribution in [3.05, 3.63) is 48.5 Å². The van der Waals surface area contributed by atoms with Crippen molar-refractivity contribution in [3.63, 3.8) is 0 Å². The molecule has 0 saturated heterocycles. The lowest BCUT2D eigenvalue weighted by Crippen LogP contribution is -2.04. The maximum Gasteiger partial charge on any atom is 0.308 e. The molecule has 0 bridgehead atoms. The molecule has 0 aliphatic heterocycles. The highest BCUT2D eigenvalue weighted by Crippen LogP contribution is 2.24. The normalized spacial score (nSPS) is 11.0. The van der Waals surface area contributed by atoms with Crippen LogP contribution in [0.4, 0.5) is 0 Å². The number of rotatable bonds is 4. The van der Waals surface area contributed by atoms with Gasteiger partial charge < -0.3 is 9.47 Å². The van der Waals surface area contributed by atoms with E-state index in [4.69, 9.17) is 9.47 Å². The molecule has 110 valence electrons. The van der Waals surface area contributed by atoms with Gasteiger partial charge in [-0.1, -0.05) is 0 Å². The molecule has 2 rings (SSSR count). The maximum atomic E-state index is 12.4. The molecule has 0 aliphatic carbocycles. The zero-order valence-corrected chi connectivity index (χ0v) is 12.4. The van der Waals surface area contributed by atoms with Crippen LogP contribution in [0.5, 0.6) is 11.5 Å². The van der Waals surface area contributed by atoms with E-state index < -0.39 is 15.8 Å². The summed E-state index contributed by atoms with van der Waals surface area (Å²) in [7, 11) is -2.09. The van der Waals surface area contributed by atoms with E-state index in [-0.39, 0.29) is 9.79 Å². The van der Waals surface area contributed by atoms with Gasteiger partial charge >= 0.3 is 5.97 Å². The Kier molecular flexibility index (Phi) is 4.28. The molecule has 0 unspecified atom stereocenters. The summed E-state index contributed by atoms with van der Waals surface area (Å²) < 4.78 is 34.7. The predicted molar refractivity (Wildman–Crippen MR) is 76.2 cm³/mol. The number of hydrogen-bond donors (Lipinski definition) is 0. The first-order valence-corrected chi connectivity index (χ1v) is 7.59. The minimum atomic E-state index is -3.61. The Bertz CT molecular complexity index is 731.